The second-order valence-corrected chi connectivity index (χ2v) is 4.30. The second kappa shape index (κ2) is 4.88. The molecule has 1 amide bonds. The number of carbonyl (C=O) groups excluding carboxylic acids is 2. The second-order valence-electron chi connectivity index (χ2n) is 3.47. The van der Waals surface area contributed by atoms with Gasteiger partial charge in [-0.25, -0.2) is 4.37 Å². The third kappa shape index (κ3) is 2.76. The average molecular weight is 246 g/mol. The molecule has 0 saturated heterocycles. The molecule has 1 heterocycles. The first kappa shape index (κ1) is 11.5. The summed E-state index contributed by atoms with van der Waals surface area (Å²) in [6.07, 6.45) is 1.57. The maximum absolute atomic E-state index is 11.7. The number of amides is 1. The molecule has 0 saturated carbocycles. The zero-order valence-electron chi connectivity index (χ0n) is 9.14. The van der Waals surface area contributed by atoms with Crippen molar-refractivity contribution in [1.29, 1.82) is 0 Å². The summed E-state index contributed by atoms with van der Waals surface area (Å²) in [7, 11) is 0. The lowest BCUT2D eigenvalue weighted by atomic mass is 10.1. The van der Waals surface area contributed by atoms with Crippen LogP contribution < -0.4 is 5.32 Å². The summed E-state index contributed by atoms with van der Waals surface area (Å²) >= 11 is 1.13. The van der Waals surface area contributed by atoms with Crippen molar-refractivity contribution < 1.29 is 9.59 Å². The highest BCUT2D eigenvalue weighted by Crippen LogP contribution is 2.13. The van der Waals surface area contributed by atoms with Gasteiger partial charge in [-0.1, -0.05) is 12.1 Å². The van der Waals surface area contributed by atoms with Gasteiger partial charge in [0.15, 0.2) is 5.78 Å². The first-order valence-electron chi connectivity index (χ1n) is 5.00. The molecule has 17 heavy (non-hydrogen) atoms. The van der Waals surface area contributed by atoms with E-state index in [1.807, 2.05) is 0 Å². The van der Waals surface area contributed by atoms with Gasteiger partial charge in [0.25, 0.3) is 5.91 Å². The summed E-state index contributed by atoms with van der Waals surface area (Å²) in [5.74, 6) is -0.243. The Labute approximate surface area is 102 Å². The van der Waals surface area contributed by atoms with Crippen molar-refractivity contribution in [3.63, 3.8) is 0 Å². The van der Waals surface area contributed by atoms with Gasteiger partial charge in [-0.05, 0) is 36.7 Å². The fourth-order valence-corrected chi connectivity index (χ4v) is 1.83. The Morgan fingerprint density at radius 3 is 2.76 bits per heavy atom. The summed E-state index contributed by atoms with van der Waals surface area (Å²) in [4.78, 5) is 23.5. The number of benzene rings is 1. The molecule has 1 N–H and O–H groups in total. The Bertz CT molecular complexity index is 549. The molecule has 86 valence electrons. The van der Waals surface area contributed by atoms with E-state index in [-0.39, 0.29) is 11.7 Å². The zero-order valence-corrected chi connectivity index (χ0v) is 9.95. The molecular weight excluding hydrogens is 236 g/mol. The number of Topliss-reactive ketones (excluding diaryl/α,β-unsaturated/α-hetero) is 1. The third-order valence-corrected chi connectivity index (χ3v) is 2.93. The Hall–Kier alpha value is -2.01. The summed E-state index contributed by atoms with van der Waals surface area (Å²) in [5.41, 5.74) is 1.18. The first-order chi connectivity index (χ1) is 8.16. The van der Waals surface area contributed by atoms with Crippen molar-refractivity contribution in [2.45, 2.75) is 6.92 Å². The quantitative estimate of drug-likeness (QED) is 0.847. The zero-order chi connectivity index (χ0) is 12.3. The number of hydrogen-bond donors (Lipinski definition) is 1. The van der Waals surface area contributed by atoms with Crippen LogP contribution in [0.4, 0.5) is 5.69 Å². The Morgan fingerprint density at radius 1 is 1.29 bits per heavy atom. The Kier molecular flexibility index (Phi) is 3.30. The Morgan fingerprint density at radius 2 is 2.12 bits per heavy atom. The van der Waals surface area contributed by atoms with Crippen molar-refractivity contribution in [2.24, 2.45) is 0 Å². The highest BCUT2D eigenvalue weighted by atomic mass is 32.1. The monoisotopic (exact) mass is 246 g/mol. The summed E-state index contributed by atoms with van der Waals surface area (Å²) in [5, 5.41) is 2.72. The van der Waals surface area contributed by atoms with Crippen LogP contribution in [-0.4, -0.2) is 16.1 Å². The number of carbonyl (C=O) groups is 2. The lowest BCUT2D eigenvalue weighted by molar-refractivity contribution is 0.101. The average Bonchev–Trinajstić information content (AvgIpc) is 2.82. The van der Waals surface area contributed by atoms with Crippen molar-refractivity contribution in [3.05, 3.63) is 47.0 Å². The third-order valence-electron chi connectivity index (χ3n) is 2.19. The van der Waals surface area contributed by atoms with E-state index in [0.29, 0.717) is 16.1 Å². The summed E-state index contributed by atoms with van der Waals surface area (Å²) < 4.78 is 3.86. The molecule has 0 atom stereocenters. The normalized spacial score (nSPS) is 9.94. The van der Waals surface area contributed by atoms with Crippen LogP contribution in [-0.2, 0) is 0 Å². The maximum atomic E-state index is 11.7. The molecule has 0 unspecified atom stereocenters. The summed E-state index contributed by atoms with van der Waals surface area (Å²) in [6.45, 7) is 1.49. The van der Waals surface area contributed by atoms with Crippen LogP contribution in [0, 0.1) is 0 Å². The van der Waals surface area contributed by atoms with Crippen molar-refractivity contribution in [3.8, 4) is 0 Å². The molecule has 2 rings (SSSR count). The molecule has 2 aromatic rings. The molecule has 0 aliphatic carbocycles. The summed E-state index contributed by atoms with van der Waals surface area (Å²) in [6, 6.07) is 8.49. The van der Waals surface area contributed by atoms with Gasteiger partial charge in [-0.15, -0.1) is 0 Å². The predicted molar refractivity (Wildman–Crippen MR) is 66.5 cm³/mol. The van der Waals surface area contributed by atoms with Crippen LogP contribution in [0.3, 0.4) is 0 Å². The van der Waals surface area contributed by atoms with Gasteiger partial charge in [-0.3, -0.25) is 9.59 Å². The van der Waals surface area contributed by atoms with Gasteiger partial charge in [0.05, 0.1) is 0 Å². The largest absolute Gasteiger partial charge is 0.321 e. The van der Waals surface area contributed by atoms with Gasteiger partial charge in [0.2, 0.25) is 0 Å². The minimum atomic E-state index is -0.215. The van der Waals surface area contributed by atoms with Crippen LogP contribution in [0.1, 0.15) is 27.0 Å². The molecule has 1 aromatic heterocycles. The lowest BCUT2D eigenvalue weighted by Crippen LogP contribution is -2.10. The van der Waals surface area contributed by atoms with E-state index < -0.39 is 0 Å². The van der Waals surface area contributed by atoms with E-state index in [2.05, 4.69) is 9.69 Å². The van der Waals surface area contributed by atoms with Gasteiger partial charge in [0.1, 0.15) is 4.88 Å². The van der Waals surface area contributed by atoms with Gasteiger partial charge < -0.3 is 5.32 Å². The molecule has 0 aliphatic rings. The van der Waals surface area contributed by atoms with Crippen molar-refractivity contribution in [1.82, 2.24) is 4.37 Å². The van der Waals surface area contributed by atoms with E-state index in [9.17, 15) is 9.59 Å². The molecule has 0 radical (unpaired) electrons. The van der Waals surface area contributed by atoms with Crippen LogP contribution in [0.15, 0.2) is 36.5 Å². The highest BCUT2D eigenvalue weighted by molar-refractivity contribution is 7.08. The van der Waals surface area contributed by atoms with E-state index in [0.717, 1.165) is 11.5 Å². The molecule has 0 bridgehead atoms. The molecule has 0 aliphatic heterocycles. The van der Waals surface area contributed by atoms with E-state index in [1.54, 1.807) is 36.5 Å². The van der Waals surface area contributed by atoms with Gasteiger partial charge in [0, 0.05) is 17.4 Å². The standard InChI is InChI=1S/C12H10N2O2S/c1-8(15)9-3-2-4-10(7-9)14-12(16)11-5-6-13-17-11/h2-7H,1H3,(H,14,16). The van der Waals surface area contributed by atoms with Crippen molar-refractivity contribution in [2.75, 3.05) is 5.32 Å². The number of nitrogens with zero attached hydrogens (tertiary/aromatic N) is 1. The number of aromatic nitrogens is 1. The number of hydrogen-bond acceptors (Lipinski definition) is 4. The SMILES string of the molecule is CC(=O)c1cccc(NC(=O)c2ccns2)c1. The molecule has 4 nitrogen and oxygen atoms in total. The molecule has 5 heteroatoms. The molecule has 1 aromatic carbocycles. The first-order valence-corrected chi connectivity index (χ1v) is 5.77. The smallest absolute Gasteiger partial charge is 0.267 e. The number of rotatable bonds is 3. The number of nitrogens with one attached hydrogen (secondary N) is 1. The highest BCUT2D eigenvalue weighted by Gasteiger charge is 2.08. The van der Waals surface area contributed by atoms with Crippen LogP contribution in [0.5, 0.6) is 0 Å². The van der Waals surface area contributed by atoms with Crippen LogP contribution in [0.25, 0.3) is 0 Å². The number of anilines is 1. The topological polar surface area (TPSA) is 59.1 Å². The minimum Gasteiger partial charge on any atom is -0.321 e. The van der Waals surface area contributed by atoms with E-state index >= 15 is 0 Å². The fraction of sp³-hybridized carbons (Fsp3) is 0.0833. The molecular formula is C12H10N2O2S. The van der Waals surface area contributed by atoms with Crippen LogP contribution >= 0.6 is 11.5 Å². The Balaban J connectivity index is 2.16. The van der Waals surface area contributed by atoms with Gasteiger partial charge in [-0.2, -0.15) is 0 Å². The van der Waals surface area contributed by atoms with Crippen LogP contribution in [0.2, 0.25) is 0 Å². The molecule has 0 spiro atoms. The maximum Gasteiger partial charge on any atom is 0.267 e. The van der Waals surface area contributed by atoms with E-state index in [4.69, 9.17) is 0 Å². The number of ketones is 1. The predicted octanol–water partition coefficient (Wildman–Crippen LogP) is 2.60. The van der Waals surface area contributed by atoms with Gasteiger partial charge >= 0.3 is 0 Å². The molecule has 0 fully saturated rings. The lowest BCUT2D eigenvalue weighted by Gasteiger charge is -2.04. The minimum absolute atomic E-state index is 0.0288. The van der Waals surface area contributed by atoms with Crippen molar-refractivity contribution >= 4 is 28.9 Å². The fourth-order valence-electron chi connectivity index (χ4n) is 1.34. The van der Waals surface area contributed by atoms with E-state index in [1.165, 1.54) is 6.92 Å².